The Kier molecular flexibility index (Phi) is 3.85. The zero-order valence-corrected chi connectivity index (χ0v) is 14.2. The number of benzene rings is 1. The fraction of sp³-hybridized carbons (Fsp3) is 0.278. The van der Waals surface area contributed by atoms with E-state index in [9.17, 15) is 4.79 Å². The van der Waals surface area contributed by atoms with Crippen molar-refractivity contribution >= 4 is 5.97 Å². The highest BCUT2D eigenvalue weighted by molar-refractivity contribution is 5.90. The van der Waals surface area contributed by atoms with Gasteiger partial charge in [-0.05, 0) is 30.7 Å². The van der Waals surface area contributed by atoms with E-state index in [4.69, 9.17) is 4.74 Å². The molecule has 1 aromatic carbocycles. The fourth-order valence-electron chi connectivity index (χ4n) is 3.10. The fourth-order valence-corrected chi connectivity index (χ4v) is 3.10. The van der Waals surface area contributed by atoms with Crippen LogP contribution in [-0.2, 0) is 17.8 Å². The minimum absolute atomic E-state index is 0.355. The van der Waals surface area contributed by atoms with E-state index < -0.39 is 0 Å². The number of nitrogens with zero attached hydrogens (tertiary/aromatic N) is 4. The van der Waals surface area contributed by atoms with Crippen LogP contribution in [0.25, 0.3) is 17.2 Å². The Labute approximate surface area is 145 Å². The van der Waals surface area contributed by atoms with Crippen molar-refractivity contribution in [3.63, 3.8) is 0 Å². The molecule has 3 heterocycles. The van der Waals surface area contributed by atoms with Gasteiger partial charge in [0.1, 0.15) is 5.69 Å². The molecule has 0 bridgehead atoms. The lowest BCUT2D eigenvalue weighted by atomic mass is 10.1. The van der Waals surface area contributed by atoms with Crippen molar-refractivity contribution in [1.82, 2.24) is 24.6 Å². The van der Waals surface area contributed by atoms with Gasteiger partial charge in [0.05, 0.1) is 30.6 Å². The van der Waals surface area contributed by atoms with Gasteiger partial charge in [0.2, 0.25) is 0 Å². The van der Waals surface area contributed by atoms with Crippen LogP contribution in [0, 0.1) is 6.92 Å². The molecule has 0 saturated heterocycles. The standard InChI is InChI=1S/C18H19N5O2/c1-12-3-4-13(18(24)25-2)9-16(12)22-7-6-20-17(22)15-10-14-11-19-5-8-23(14)21-15/h3-4,6-7,9-10,19H,5,8,11H2,1-2H3. The number of fused-ring (bicyclic) bond motifs is 1. The first-order valence-corrected chi connectivity index (χ1v) is 8.18. The molecule has 0 atom stereocenters. The van der Waals surface area contributed by atoms with Crippen LogP contribution in [0.15, 0.2) is 36.7 Å². The summed E-state index contributed by atoms with van der Waals surface area (Å²) < 4.78 is 8.81. The van der Waals surface area contributed by atoms with E-state index >= 15 is 0 Å². The first-order valence-electron chi connectivity index (χ1n) is 8.18. The van der Waals surface area contributed by atoms with E-state index in [1.165, 1.54) is 7.11 Å². The Morgan fingerprint density at radius 3 is 3.00 bits per heavy atom. The van der Waals surface area contributed by atoms with Crippen LogP contribution in [0.2, 0.25) is 0 Å². The molecule has 128 valence electrons. The molecule has 25 heavy (non-hydrogen) atoms. The highest BCUT2D eigenvalue weighted by atomic mass is 16.5. The van der Waals surface area contributed by atoms with Gasteiger partial charge in [-0.25, -0.2) is 9.78 Å². The number of esters is 1. The molecule has 0 amide bonds. The minimum Gasteiger partial charge on any atom is -0.465 e. The van der Waals surface area contributed by atoms with Gasteiger partial charge in [-0.15, -0.1) is 0 Å². The van der Waals surface area contributed by atoms with Crippen LogP contribution in [0.3, 0.4) is 0 Å². The lowest BCUT2D eigenvalue weighted by Gasteiger charge is -2.13. The molecule has 1 N–H and O–H groups in total. The van der Waals surface area contributed by atoms with Crippen LogP contribution in [0.1, 0.15) is 21.6 Å². The lowest BCUT2D eigenvalue weighted by molar-refractivity contribution is 0.0600. The number of nitrogens with one attached hydrogen (secondary N) is 1. The van der Waals surface area contributed by atoms with Crippen molar-refractivity contribution in [2.75, 3.05) is 13.7 Å². The van der Waals surface area contributed by atoms with Crippen molar-refractivity contribution < 1.29 is 9.53 Å². The molecule has 7 heteroatoms. The average Bonchev–Trinajstić information content (AvgIpc) is 3.27. The highest BCUT2D eigenvalue weighted by Gasteiger charge is 2.18. The first kappa shape index (κ1) is 15.6. The van der Waals surface area contributed by atoms with Crippen LogP contribution < -0.4 is 5.32 Å². The summed E-state index contributed by atoms with van der Waals surface area (Å²) in [5.41, 5.74) is 4.41. The Morgan fingerprint density at radius 2 is 2.20 bits per heavy atom. The number of carbonyl (C=O) groups is 1. The molecule has 0 unspecified atom stereocenters. The van der Waals surface area contributed by atoms with Crippen LogP contribution in [0.4, 0.5) is 0 Å². The molecule has 0 aliphatic carbocycles. The number of aromatic nitrogens is 4. The summed E-state index contributed by atoms with van der Waals surface area (Å²) in [6.07, 6.45) is 3.63. The summed E-state index contributed by atoms with van der Waals surface area (Å²) in [6.45, 7) is 4.59. The largest absolute Gasteiger partial charge is 0.465 e. The van der Waals surface area contributed by atoms with E-state index in [-0.39, 0.29) is 5.97 Å². The SMILES string of the molecule is COC(=O)c1ccc(C)c(-n2ccnc2-c2cc3n(n2)CCNC3)c1. The Balaban J connectivity index is 1.80. The number of aryl methyl sites for hydroxylation is 1. The van der Waals surface area contributed by atoms with E-state index in [1.54, 1.807) is 12.3 Å². The molecule has 0 spiro atoms. The van der Waals surface area contributed by atoms with E-state index in [2.05, 4.69) is 21.5 Å². The predicted octanol–water partition coefficient (Wildman–Crippen LogP) is 1.93. The third kappa shape index (κ3) is 2.72. The molecule has 0 radical (unpaired) electrons. The Morgan fingerprint density at radius 1 is 1.32 bits per heavy atom. The molecule has 2 aromatic heterocycles. The molecule has 0 fully saturated rings. The third-order valence-electron chi connectivity index (χ3n) is 4.43. The van der Waals surface area contributed by atoms with E-state index in [0.717, 1.165) is 48.1 Å². The van der Waals surface area contributed by atoms with Gasteiger partial charge in [0, 0.05) is 25.5 Å². The van der Waals surface area contributed by atoms with E-state index in [1.807, 2.05) is 34.5 Å². The zero-order valence-electron chi connectivity index (χ0n) is 14.2. The first-order chi connectivity index (χ1) is 12.2. The van der Waals surface area contributed by atoms with Crippen LogP contribution in [-0.4, -0.2) is 39.0 Å². The maximum Gasteiger partial charge on any atom is 0.337 e. The molecular weight excluding hydrogens is 318 g/mol. The summed E-state index contributed by atoms with van der Waals surface area (Å²) in [4.78, 5) is 16.4. The number of hydrogen-bond donors (Lipinski definition) is 1. The van der Waals surface area contributed by atoms with Crippen molar-refractivity contribution in [1.29, 1.82) is 0 Å². The summed E-state index contributed by atoms with van der Waals surface area (Å²) in [6, 6.07) is 7.56. The number of rotatable bonds is 3. The summed E-state index contributed by atoms with van der Waals surface area (Å²) >= 11 is 0. The Hall–Kier alpha value is -2.93. The third-order valence-corrected chi connectivity index (χ3v) is 4.43. The summed E-state index contributed by atoms with van der Waals surface area (Å²) in [5, 5.41) is 8.03. The second kappa shape index (κ2) is 6.18. The van der Waals surface area contributed by atoms with Gasteiger partial charge in [0.15, 0.2) is 5.82 Å². The molecule has 0 saturated carbocycles. The quantitative estimate of drug-likeness (QED) is 0.739. The second-order valence-electron chi connectivity index (χ2n) is 6.03. The number of hydrogen-bond acceptors (Lipinski definition) is 5. The van der Waals surface area contributed by atoms with Crippen molar-refractivity contribution in [3.8, 4) is 17.2 Å². The summed E-state index contributed by atoms with van der Waals surface area (Å²) in [5.74, 6) is 0.401. The van der Waals surface area contributed by atoms with Crippen molar-refractivity contribution in [3.05, 3.63) is 53.5 Å². The van der Waals surface area contributed by atoms with Gasteiger partial charge in [-0.1, -0.05) is 6.07 Å². The monoisotopic (exact) mass is 337 g/mol. The topological polar surface area (TPSA) is 74.0 Å². The van der Waals surface area contributed by atoms with Gasteiger partial charge >= 0.3 is 5.97 Å². The summed E-state index contributed by atoms with van der Waals surface area (Å²) in [7, 11) is 1.38. The number of methoxy groups -OCH3 is 1. The maximum absolute atomic E-state index is 11.9. The smallest absolute Gasteiger partial charge is 0.337 e. The Bertz CT molecular complexity index is 917. The van der Waals surface area contributed by atoms with Gasteiger partial charge in [-0.3, -0.25) is 9.25 Å². The lowest BCUT2D eigenvalue weighted by Crippen LogP contribution is -2.28. The minimum atomic E-state index is -0.355. The second-order valence-corrected chi connectivity index (χ2v) is 6.03. The maximum atomic E-state index is 11.9. The predicted molar refractivity (Wildman–Crippen MR) is 92.6 cm³/mol. The molecular formula is C18H19N5O2. The van der Waals surface area contributed by atoms with Gasteiger partial charge < -0.3 is 10.1 Å². The normalized spacial score (nSPS) is 13.5. The molecule has 7 nitrogen and oxygen atoms in total. The molecule has 3 aromatic rings. The molecule has 1 aliphatic heterocycles. The van der Waals surface area contributed by atoms with Crippen LogP contribution in [0.5, 0.6) is 0 Å². The van der Waals surface area contributed by atoms with Crippen LogP contribution >= 0.6 is 0 Å². The highest BCUT2D eigenvalue weighted by Crippen LogP contribution is 2.25. The number of carbonyl (C=O) groups excluding carboxylic acids is 1. The molecule has 1 aliphatic rings. The number of ether oxygens (including phenoxy) is 1. The number of imidazole rings is 1. The zero-order chi connectivity index (χ0) is 17.4. The average molecular weight is 337 g/mol. The molecule has 4 rings (SSSR count). The van der Waals surface area contributed by atoms with Crippen molar-refractivity contribution in [2.45, 2.75) is 20.0 Å². The van der Waals surface area contributed by atoms with Gasteiger partial charge in [0.25, 0.3) is 0 Å². The van der Waals surface area contributed by atoms with Gasteiger partial charge in [-0.2, -0.15) is 5.10 Å². The van der Waals surface area contributed by atoms with E-state index in [0.29, 0.717) is 5.56 Å². The van der Waals surface area contributed by atoms with Crippen molar-refractivity contribution in [2.24, 2.45) is 0 Å².